The molecule has 0 fully saturated rings. The van der Waals surface area contributed by atoms with Gasteiger partial charge in [-0.05, 0) is 35.8 Å². The normalized spacial score (nSPS) is 16.2. The first kappa shape index (κ1) is 21.8. The molecule has 1 aliphatic heterocycles. The predicted octanol–water partition coefficient (Wildman–Crippen LogP) is 3.54. The van der Waals surface area contributed by atoms with Crippen molar-refractivity contribution in [2.24, 2.45) is 0 Å². The van der Waals surface area contributed by atoms with Gasteiger partial charge in [-0.1, -0.05) is 48.5 Å². The van der Waals surface area contributed by atoms with Crippen LogP contribution >= 0.6 is 0 Å². The summed E-state index contributed by atoms with van der Waals surface area (Å²) in [6.07, 6.45) is 2.99. The minimum atomic E-state index is -0.983. The zero-order chi connectivity index (χ0) is 22.4. The number of carboxylic acids is 1. The molecule has 0 saturated carbocycles. The maximum atomic E-state index is 13.0. The largest absolute Gasteiger partial charge is 0.503 e. The summed E-state index contributed by atoms with van der Waals surface area (Å²) < 4.78 is 5.26. The average molecular weight is 421 g/mol. The number of carbonyl (C=O) groups is 3. The molecular formula is C24H23NO6. The number of rotatable bonds is 9. The maximum absolute atomic E-state index is 13.0. The topological polar surface area (TPSA) is 104 Å². The third kappa shape index (κ3) is 5.01. The van der Waals surface area contributed by atoms with Crippen LogP contribution in [-0.4, -0.2) is 46.4 Å². The van der Waals surface area contributed by atoms with Crippen molar-refractivity contribution in [3.8, 4) is 5.75 Å². The molecule has 1 atom stereocenters. The quantitative estimate of drug-likeness (QED) is 0.600. The zero-order valence-corrected chi connectivity index (χ0v) is 17.0. The fourth-order valence-electron chi connectivity index (χ4n) is 3.52. The van der Waals surface area contributed by atoms with Gasteiger partial charge in [0.25, 0.3) is 5.91 Å². The molecule has 2 aromatic carbocycles. The van der Waals surface area contributed by atoms with Crippen LogP contribution in [0.15, 0.2) is 72.0 Å². The lowest BCUT2D eigenvalue weighted by atomic mass is 9.95. The van der Waals surface area contributed by atoms with Gasteiger partial charge < -0.3 is 19.8 Å². The molecule has 2 aromatic rings. The molecule has 7 nitrogen and oxygen atoms in total. The van der Waals surface area contributed by atoms with Gasteiger partial charge in [-0.15, -0.1) is 0 Å². The minimum Gasteiger partial charge on any atom is -0.503 e. The number of carboxylic acid groups (broad SMARTS) is 1. The Hall–Kier alpha value is -3.87. The number of carbonyl (C=O) groups excluding carboxylic acids is 2. The number of aliphatic carboxylic acids is 1. The summed E-state index contributed by atoms with van der Waals surface area (Å²) in [7, 11) is 1.51. The second-order valence-electron chi connectivity index (χ2n) is 7.05. The van der Waals surface area contributed by atoms with Gasteiger partial charge in [-0.25, -0.2) is 0 Å². The van der Waals surface area contributed by atoms with E-state index >= 15 is 0 Å². The van der Waals surface area contributed by atoms with Gasteiger partial charge >= 0.3 is 5.97 Å². The number of nitrogens with zero attached hydrogens (tertiary/aromatic N) is 1. The highest BCUT2D eigenvalue weighted by atomic mass is 16.5. The van der Waals surface area contributed by atoms with E-state index in [2.05, 4.69) is 0 Å². The zero-order valence-electron chi connectivity index (χ0n) is 17.0. The van der Waals surface area contributed by atoms with E-state index in [1.54, 1.807) is 30.3 Å². The Labute approximate surface area is 179 Å². The third-order valence-electron chi connectivity index (χ3n) is 5.00. The number of methoxy groups -OCH3 is 1. The van der Waals surface area contributed by atoms with Gasteiger partial charge in [-0.3, -0.25) is 14.4 Å². The Morgan fingerprint density at radius 3 is 2.55 bits per heavy atom. The van der Waals surface area contributed by atoms with E-state index in [9.17, 15) is 19.5 Å². The molecule has 0 radical (unpaired) electrons. The van der Waals surface area contributed by atoms with Gasteiger partial charge in [0.2, 0.25) is 0 Å². The third-order valence-corrected chi connectivity index (χ3v) is 5.00. The summed E-state index contributed by atoms with van der Waals surface area (Å²) in [5.74, 6) is -2.26. The summed E-state index contributed by atoms with van der Waals surface area (Å²) in [4.78, 5) is 38.0. The van der Waals surface area contributed by atoms with E-state index in [1.165, 1.54) is 18.1 Å². The molecule has 160 valence electrons. The molecule has 1 heterocycles. The lowest BCUT2D eigenvalue weighted by molar-refractivity contribution is -0.138. The Morgan fingerprint density at radius 1 is 1.13 bits per heavy atom. The van der Waals surface area contributed by atoms with Crippen LogP contribution in [0.1, 0.15) is 30.0 Å². The SMILES string of the molecule is COc1cccc(C2C(C(=O)C=Cc3ccccc3)=C(O)C(=O)N2CCCC(=O)O)c1. The number of benzene rings is 2. The molecule has 0 saturated heterocycles. The van der Waals surface area contributed by atoms with Crippen LogP contribution in [0.4, 0.5) is 0 Å². The molecule has 31 heavy (non-hydrogen) atoms. The van der Waals surface area contributed by atoms with Crippen molar-refractivity contribution in [1.82, 2.24) is 4.90 Å². The predicted molar refractivity (Wildman–Crippen MR) is 114 cm³/mol. The van der Waals surface area contributed by atoms with E-state index in [1.807, 2.05) is 30.3 Å². The molecule has 2 N–H and O–H groups in total. The molecule has 1 amide bonds. The summed E-state index contributed by atoms with van der Waals surface area (Å²) in [6.45, 7) is 0.0796. The maximum Gasteiger partial charge on any atom is 0.303 e. The van der Waals surface area contributed by atoms with Gasteiger partial charge in [0.1, 0.15) is 5.75 Å². The van der Waals surface area contributed by atoms with E-state index in [-0.39, 0.29) is 25.0 Å². The Bertz CT molecular complexity index is 1040. The van der Waals surface area contributed by atoms with Crippen molar-refractivity contribution in [2.45, 2.75) is 18.9 Å². The Kier molecular flexibility index (Phi) is 6.87. The lowest BCUT2D eigenvalue weighted by Gasteiger charge is -2.26. The standard InChI is InChI=1S/C24H23NO6/c1-31-18-10-5-9-17(15-18)22-21(19(26)13-12-16-7-3-2-4-8-16)23(29)24(30)25(22)14-6-11-20(27)28/h2-5,7-10,12-13,15,22,29H,6,11,14H2,1H3,(H,27,28). The number of hydrogen-bond acceptors (Lipinski definition) is 5. The van der Waals surface area contributed by atoms with Crippen molar-refractivity contribution < 1.29 is 29.3 Å². The Balaban J connectivity index is 1.97. The number of aliphatic hydroxyl groups excluding tert-OH is 1. The van der Waals surface area contributed by atoms with Crippen molar-refractivity contribution in [1.29, 1.82) is 0 Å². The minimum absolute atomic E-state index is 0.0410. The molecule has 1 aliphatic rings. The summed E-state index contributed by atoms with van der Waals surface area (Å²) in [6, 6.07) is 15.2. The van der Waals surface area contributed by atoms with E-state index in [0.717, 1.165) is 5.56 Å². The van der Waals surface area contributed by atoms with Crippen LogP contribution in [-0.2, 0) is 14.4 Å². The first-order valence-corrected chi connectivity index (χ1v) is 9.79. The molecule has 0 spiro atoms. The number of hydrogen-bond donors (Lipinski definition) is 2. The molecule has 0 bridgehead atoms. The summed E-state index contributed by atoms with van der Waals surface area (Å²) >= 11 is 0. The highest BCUT2D eigenvalue weighted by molar-refractivity contribution is 6.14. The van der Waals surface area contributed by atoms with Crippen LogP contribution < -0.4 is 4.74 Å². The van der Waals surface area contributed by atoms with Crippen LogP contribution in [0, 0.1) is 0 Å². The monoisotopic (exact) mass is 421 g/mol. The summed E-state index contributed by atoms with van der Waals surface area (Å²) in [5, 5.41) is 19.5. The first-order chi connectivity index (χ1) is 14.9. The van der Waals surface area contributed by atoms with Crippen molar-refractivity contribution >= 4 is 23.7 Å². The first-order valence-electron chi connectivity index (χ1n) is 9.79. The van der Waals surface area contributed by atoms with Crippen LogP contribution in [0.5, 0.6) is 5.75 Å². The van der Waals surface area contributed by atoms with Gasteiger partial charge in [0.05, 0.1) is 18.7 Å². The molecule has 1 unspecified atom stereocenters. The summed E-state index contributed by atoms with van der Waals surface area (Å²) in [5.41, 5.74) is 1.35. The van der Waals surface area contributed by atoms with Crippen LogP contribution in [0.25, 0.3) is 6.08 Å². The highest BCUT2D eigenvalue weighted by Gasteiger charge is 2.42. The second-order valence-corrected chi connectivity index (χ2v) is 7.05. The van der Waals surface area contributed by atoms with Gasteiger partial charge in [0.15, 0.2) is 11.5 Å². The highest BCUT2D eigenvalue weighted by Crippen LogP contribution is 2.39. The molecule has 0 aromatic heterocycles. The van der Waals surface area contributed by atoms with E-state index < -0.39 is 29.5 Å². The van der Waals surface area contributed by atoms with Crippen LogP contribution in [0.3, 0.4) is 0 Å². The number of aliphatic hydroxyl groups is 1. The van der Waals surface area contributed by atoms with E-state index in [4.69, 9.17) is 9.84 Å². The lowest BCUT2D eigenvalue weighted by Crippen LogP contribution is -2.32. The van der Waals surface area contributed by atoms with Crippen LogP contribution in [0.2, 0.25) is 0 Å². The second kappa shape index (κ2) is 9.75. The van der Waals surface area contributed by atoms with E-state index in [0.29, 0.717) is 11.3 Å². The van der Waals surface area contributed by atoms with Crippen molar-refractivity contribution in [3.63, 3.8) is 0 Å². The molecule has 0 aliphatic carbocycles. The van der Waals surface area contributed by atoms with Gasteiger partial charge in [-0.2, -0.15) is 0 Å². The number of amides is 1. The molecule has 7 heteroatoms. The number of ketones is 1. The Morgan fingerprint density at radius 2 is 1.87 bits per heavy atom. The molecule has 3 rings (SSSR count). The fourth-order valence-corrected chi connectivity index (χ4v) is 3.52. The number of allylic oxidation sites excluding steroid dienone is 1. The smallest absolute Gasteiger partial charge is 0.303 e. The molecular weight excluding hydrogens is 398 g/mol. The van der Waals surface area contributed by atoms with Gasteiger partial charge in [0, 0.05) is 13.0 Å². The van der Waals surface area contributed by atoms with Crippen molar-refractivity contribution in [2.75, 3.05) is 13.7 Å². The number of ether oxygens (including phenoxy) is 1. The average Bonchev–Trinajstić information content (AvgIpc) is 3.03. The fraction of sp³-hybridized carbons (Fsp3) is 0.208. The van der Waals surface area contributed by atoms with Crippen molar-refractivity contribution in [3.05, 3.63) is 83.1 Å².